The summed E-state index contributed by atoms with van der Waals surface area (Å²) in [6.07, 6.45) is 1.58. The highest BCUT2D eigenvalue weighted by Gasteiger charge is 2.06. The molecule has 0 aliphatic carbocycles. The summed E-state index contributed by atoms with van der Waals surface area (Å²) in [6.45, 7) is 1.90. The predicted octanol–water partition coefficient (Wildman–Crippen LogP) is 2.85. The molecule has 0 bridgehead atoms. The smallest absolute Gasteiger partial charge is 0.257 e. The van der Waals surface area contributed by atoms with E-state index in [1.165, 1.54) is 0 Å². The summed E-state index contributed by atoms with van der Waals surface area (Å²) >= 11 is 2.01. The van der Waals surface area contributed by atoms with Crippen LogP contribution < -0.4 is 0 Å². The molecular formula is C8H6INO2. The van der Waals surface area contributed by atoms with Crippen LogP contribution in [0.1, 0.15) is 5.76 Å². The van der Waals surface area contributed by atoms with Gasteiger partial charge in [0.05, 0.1) is 0 Å². The Hall–Kier alpha value is -0.780. The lowest BCUT2D eigenvalue weighted by Crippen LogP contribution is -1.72. The first-order chi connectivity index (χ1) is 5.75. The molecule has 12 heavy (non-hydrogen) atoms. The van der Waals surface area contributed by atoms with Gasteiger partial charge in [-0.15, -0.1) is 0 Å². The van der Waals surface area contributed by atoms with Gasteiger partial charge in [-0.1, -0.05) is 0 Å². The van der Waals surface area contributed by atoms with Crippen LogP contribution >= 0.6 is 22.6 Å². The Balaban J connectivity index is 2.43. The largest absolute Gasteiger partial charge is 0.460 e. The topological polar surface area (TPSA) is 39.2 Å². The van der Waals surface area contributed by atoms with Crippen molar-refractivity contribution in [2.75, 3.05) is 0 Å². The summed E-state index contributed by atoms with van der Waals surface area (Å²) in [5.74, 6) is 1.63. The Morgan fingerprint density at radius 2 is 2.25 bits per heavy atom. The third kappa shape index (κ3) is 1.38. The number of hydrogen-bond acceptors (Lipinski definition) is 3. The Labute approximate surface area is 82.9 Å². The van der Waals surface area contributed by atoms with Crippen LogP contribution in [0.5, 0.6) is 0 Å². The molecule has 3 nitrogen and oxygen atoms in total. The van der Waals surface area contributed by atoms with Crippen molar-refractivity contribution < 1.29 is 8.83 Å². The van der Waals surface area contributed by atoms with Crippen molar-refractivity contribution in [2.24, 2.45) is 0 Å². The average molecular weight is 275 g/mol. The number of nitrogens with zero attached hydrogens (tertiary/aromatic N) is 1. The van der Waals surface area contributed by atoms with Gasteiger partial charge in [-0.25, -0.2) is 4.98 Å². The van der Waals surface area contributed by atoms with Gasteiger partial charge in [0.1, 0.15) is 17.7 Å². The number of hydrogen-bond donors (Lipinski definition) is 0. The highest BCUT2D eigenvalue weighted by atomic mass is 127. The number of rotatable bonds is 1. The molecule has 0 unspecified atom stereocenters. The lowest BCUT2D eigenvalue weighted by atomic mass is 10.4. The van der Waals surface area contributed by atoms with E-state index in [0.717, 1.165) is 17.2 Å². The van der Waals surface area contributed by atoms with Gasteiger partial charge in [-0.05, 0) is 19.1 Å². The van der Waals surface area contributed by atoms with Gasteiger partial charge in [0, 0.05) is 22.6 Å². The SMILES string of the molecule is Cc1ccc(-c2coc(I)n2)o1. The molecule has 0 N–H and O–H groups in total. The first-order valence-electron chi connectivity index (χ1n) is 3.43. The molecule has 0 spiro atoms. The van der Waals surface area contributed by atoms with E-state index in [0.29, 0.717) is 3.90 Å². The third-order valence-corrected chi connectivity index (χ3v) is 1.96. The van der Waals surface area contributed by atoms with Gasteiger partial charge in [-0.3, -0.25) is 0 Å². The zero-order valence-corrected chi connectivity index (χ0v) is 8.53. The van der Waals surface area contributed by atoms with Gasteiger partial charge in [-0.2, -0.15) is 0 Å². The zero-order valence-electron chi connectivity index (χ0n) is 6.37. The molecule has 2 aromatic heterocycles. The molecule has 2 rings (SSSR count). The van der Waals surface area contributed by atoms with E-state index < -0.39 is 0 Å². The van der Waals surface area contributed by atoms with Crippen molar-refractivity contribution in [1.82, 2.24) is 4.98 Å². The summed E-state index contributed by atoms with van der Waals surface area (Å²) in [4.78, 5) is 4.12. The number of oxazole rings is 1. The van der Waals surface area contributed by atoms with Crippen molar-refractivity contribution in [3.63, 3.8) is 0 Å². The Bertz CT molecular complexity index is 353. The summed E-state index contributed by atoms with van der Waals surface area (Å²) in [5.41, 5.74) is 0.743. The van der Waals surface area contributed by atoms with E-state index in [2.05, 4.69) is 4.98 Å². The zero-order chi connectivity index (χ0) is 8.55. The number of halogens is 1. The molecule has 2 aromatic rings. The Kier molecular flexibility index (Phi) is 1.92. The summed E-state index contributed by atoms with van der Waals surface area (Å²) in [7, 11) is 0. The van der Waals surface area contributed by atoms with Crippen LogP contribution in [0.4, 0.5) is 0 Å². The van der Waals surface area contributed by atoms with Crippen LogP contribution in [0.2, 0.25) is 0 Å². The maximum Gasteiger partial charge on any atom is 0.257 e. The lowest BCUT2D eigenvalue weighted by molar-refractivity contribution is 0.523. The fourth-order valence-electron chi connectivity index (χ4n) is 0.937. The number of furan rings is 1. The highest BCUT2D eigenvalue weighted by Crippen LogP contribution is 2.21. The van der Waals surface area contributed by atoms with Crippen LogP contribution in [0, 0.1) is 10.8 Å². The van der Waals surface area contributed by atoms with E-state index in [1.807, 2.05) is 41.6 Å². The van der Waals surface area contributed by atoms with E-state index in [9.17, 15) is 0 Å². The van der Waals surface area contributed by atoms with Gasteiger partial charge in [0.15, 0.2) is 5.76 Å². The van der Waals surface area contributed by atoms with Crippen LogP contribution in [0.3, 0.4) is 0 Å². The fraction of sp³-hybridized carbons (Fsp3) is 0.125. The van der Waals surface area contributed by atoms with Gasteiger partial charge in [0.25, 0.3) is 3.90 Å². The second-order valence-corrected chi connectivity index (χ2v) is 3.32. The second-order valence-electron chi connectivity index (χ2n) is 2.40. The number of aromatic nitrogens is 1. The Morgan fingerprint density at radius 3 is 2.75 bits per heavy atom. The standard InChI is InChI=1S/C8H6INO2/c1-5-2-3-7(12-5)6-4-11-8(9)10-6/h2-4H,1H3. The molecule has 0 fully saturated rings. The molecule has 0 saturated heterocycles. The highest BCUT2D eigenvalue weighted by molar-refractivity contribution is 14.1. The van der Waals surface area contributed by atoms with Crippen molar-refractivity contribution in [3.8, 4) is 11.5 Å². The predicted molar refractivity (Wildman–Crippen MR) is 51.7 cm³/mol. The normalized spacial score (nSPS) is 10.5. The maximum atomic E-state index is 5.36. The molecule has 2 heterocycles. The minimum atomic E-state index is 0.622. The maximum absolute atomic E-state index is 5.36. The molecule has 0 atom stereocenters. The lowest BCUT2D eigenvalue weighted by Gasteiger charge is -1.85. The first-order valence-corrected chi connectivity index (χ1v) is 4.51. The summed E-state index contributed by atoms with van der Waals surface area (Å²) < 4.78 is 11.0. The third-order valence-electron chi connectivity index (χ3n) is 1.47. The average Bonchev–Trinajstić information content (AvgIpc) is 2.58. The molecule has 4 heteroatoms. The monoisotopic (exact) mass is 275 g/mol. The van der Waals surface area contributed by atoms with Crippen LogP contribution in [0.25, 0.3) is 11.5 Å². The quantitative estimate of drug-likeness (QED) is 0.751. The molecular weight excluding hydrogens is 269 g/mol. The van der Waals surface area contributed by atoms with Crippen LogP contribution in [-0.4, -0.2) is 4.98 Å². The minimum Gasteiger partial charge on any atom is -0.460 e. The molecule has 0 aliphatic rings. The van der Waals surface area contributed by atoms with Gasteiger partial charge >= 0.3 is 0 Å². The van der Waals surface area contributed by atoms with E-state index >= 15 is 0 Å². The summed E-state index contributed by atoms with van der Waals surface area (Å²) in [5, 5.41) is 0. The van der Waals surface area contributed by atoms with Crippen molar-refractivity contribution in [3.05, 3.63) is 28.1 Å². The van der Waals surface area contributed by atoms with Crippen LogP contribution in [-0.2, 0) is 0 Å². The first kappa shape index (κ1) is 7.85. The fourth-order valence-corrected chi connectivity index (χ4v) is 1.32. The molecule has 0 saturated carbocycles. The molecule has 62 valence electrons. The second kappa shape index (κ2) is 2.93. The molecule has 0 radical (unpaired) electrons. The van der Waals surface area contributed by atoms with Crippen molar-refractivity contribution >= 4 is 22.6 Å². The van der Waals surface area contributed by atoms with Crippen molar-refractivity contribution in [2.45, 2.75) is 6.92 Å². The molecule has 0 aliphatic heterocycles. The van der Waals surface area contributed by atoms with Crippen LogP contribution in [0.15, 0.2) is 27.2 Å². The summed E-state index contributed by atoms with van der Waals surface area (Å²) in [6, 6.07) is 3.78. The van der Waals surface area contributed by atoms with Gasteiger partial charge in [0.2, 0.25) is 0 Å². The molecule has 0 aromatic carbocycles. The van der Waals surface area contributed by atoms with Crippen molar-refractivity contribution in [1.29, 1.82) is 0 Å². The van der Waals surface area contributed by atoms with E-state index in [-0.39, 0.29) is 0 Å². The van der Waals surface area contributed by atoms with Gasteiger partial charge < -0.3 is 8.83 Å². The van der Waals surface area contributed by atoms with E-state index in [1.54, 1.807) is 6.26 Å². The Morgan fingerprint density at radius 1 is 1.42 bits per heavy atom. The molecule has 0 amide bonds. The van der Waals surface area contributed by atoms with E-state index in [4.69, 9.17) is 8.83 Å². The minimum absolute atomic E-state index is 0.622. The number of aryl methyl sites for hydroxylation is 1.